The van der Waals surface area contributed by atoms with Crippen molar-refractivity contribution in [2.75, 3.05) is 5.32 Å². The van der Waals surface area contributed by atoms with Crippen molar-refractivity contribution in [2.45, 2.75) is 13.5 Å². The number of pyridine rings is 1. The van der Waals surface area contributed by atoms with Crippen molar-refractivity contribution in [1.29, 1.82) is 5.26 Å². The van der Waals surface area contributed by atoms with Crippen molar-refractivity contribution >= 4 is 22.5 Å². The summed E-state index contributed by atoms with van der Waals surface area (Å²) in [6, 6.07) is 14.2. The average Bonchev–Trinajstić information content (AvgIpc) is 2.59. The van der Waals surface area contributed by atoms with Gasteiger partial charge in [-0.2, -0.15) is 5.26 Å². The van der Waals surface area contributed by atoms with Gasteiger partial charge < -0.3 is 9.88 Å². The highest BCUT2D eigenvalue weighted by atomic mass is 19.1. The number of carbonyl (C=O) groups is 1. The summed E-state index contributed by atoms with van der Waals surface area (Å²) in [4.78, 5) is 24.4. The Morgan fingerprint density at radius 3 is 2.76 bits per heavy atom. The molecular weight excluding hydrogens is 321 g/mol. The van der Waals surface area contributed by atoms with E-state index in [0.29, 0.717) is 16.9 Å². The monoisotopic (exact) mass is 335 g/mol. The molecule has 0 aliphatic rings. The molecule has 6 heteroatoms. The van der Waals surface area contributed by atoms with Gasteiger partial charge in [0.15, 0.2) is 5.43 Å². The number of aromatic nitrogens is 1. The number of amides is 1. The van der Waals surface area contributed by atoms with Gasteiger partial charge >= 0.3 is 0 Å². The number of nitrogens with zero attached hydrogens (tertiary/aromatic N) is 2. The third kappa shape index (κ3) is 3.12. The highest BCUT2D eigenvalue weighted by Crippen LogP contribution is 2.18. The summed E-state index contributed by atoms with van der Waals surface area (Å²) >= 11 is 0. The van der Waals surface area contributed by atoms with E-state index in [-0.39, 0.29) is 22.9 Å². The lowest BCUT2D eigenvalue weighted by Gasteiger charge is -2.15. The second-order valence-corrected chi connectivity index (χ2v) is 5.58. The van der Waals surface area contributed by atoms with Crippen molar-refractivity contribution in [2.24, 2.45) is 0 Å². The lowest BCUT2D eigenvalue weighted by Crippen LogP contribution is -2.23. The van der Waals surface area contributed by atoms with E-state index in [0.717, 1.165) is 0 Å². The summed E-state index contributed by atoms with van der Waals surface area (Å²) < 4.78 is 15.7. The SMILES string of the molecule is Cc1cc(=O)c2cccc(F)c2n1CC(=O)Nc1ccccc1C#N. The summed E-state index contributed by atoms with van der Waals surface area (Å²) in [5.74, 6) is -0.984. The van der Waals surface area contributed by atoms with E-state index >= 15 is 0 Å². The smallest absolute Gasteiger partial charge is 0.244 e. The van der Waals surface area contributed by atoms with Gasteiger partial charge in [-0.25, -0.2) is 4.39 Å². The van der Waals surface area contributed by atoms with Gasteiger partial charge in [0.05, 0.1) is 16.8 Å². The van der Waals surface area contributed by atoms with Crippen LogP contribution in [-0.2, 0) is 11.3 Å². The van der Waals surface area contributed by atoms with Gasteiger partial charge in [0.25, 0.3) is 0 Å². The zero-order valence-corrected chi connectivity index (χ0v) is 13.4. The summed E-state index contributed by atoms with van der Waals surface area (Å²) in [7, 11) is 0. The highest BCUT2D eigenvalue weighted by molar-refractivity contribution is 5.93. The Balaban J connectivity index is 2.00. The molecule has 3 aromatic rings. The molecule has 3 rings (SSSR count). The second-order valence-electron chi connectivity index (χ2n) is 5.58. The fraction of sp³-hybridized carbons (Fsp3) is 0.105. The van der Waals surface area contributed by atoms with Crippen LogP contribution in [-0.4, -0.2) is 10.5 Å². The lowest BCUT2D eigenvalue weighted by atomic mass is 10.1. The van der Waals surface area contributed by atoms with Gasteiger partial charge in [-0.1, -0.05) is 18.2 Å². The second kappa shape index (κ2) is 6.57. The van der Waals surface area contributed by atoms with Crippen LogP contribution in [0, 0.1) is 24.1 Å². The molecule has 1 aromatic heterocycles. The molecule has 0 bridgehead atoms. The van der Waals surface area contributed by atoms with Crippen LogP contribution in [0.15, 0.2) is 53.3 Å². The maximum atomic E-state index is 14.3. The van der Waals surface area contributed by atoms with E-state index in [1.807, 2.05) is 6.07 Å². The Morgan fingerprint density at radius 1 is 1.24 bits per heavy atom. The summed E-state index contributed by atoms with van der Waals surface area (Å²) in [5.41, 5.74) is 1.00. The number of hydrogen-bond donors (Lipinski definition) is 1. The molecule has 0 aliphatic carbocycles. The van der Waals surface area contributed by atoms with Gasteiger partial charge in [-0.3, -0.25) is 9.59 Å². The van der Waals surface area contributed by atoms with Crippen molar-refractivity contribution in [3.8, 4) is 6.07 Å². The minimum absolute atomic E-state index is 0.0937. The molecule has 0 fully saturated rings. The minimum Gasteiger partial charge on any atom is -0.333 e. The van der Waals surface area contributed by atoms with Crippen molar-refractivity contribution in [3.05, 3.63) is 75.8 Å². The molecule has 2 aromatic carbocycles. The predicted molar refractivity (Wildman–Crippen MR) is 92.7 cm³/mol. The molecule has 1 N–H and O–H groups in total. The molecule has 25 heavy (non-hydrogen) atoms. The van der Waals surface area contributed by atoms with E-state index in [4.69, 9.17) is 5.26 Å². The number of halogens is 1. The molecule has 0 atom stereocenters. The molecule has 0 saturated carbocycles. The van der Waals surface area contributed by atoms with Gasteiger partial charge in [-0.15, -0.1) is 0 Å². The van der Waals surface area contributed by atoms with Gasteiger partial charge in [0.2, 0.25) is 5.91 Å². The number of aryl methyl sites for hydroxylation is 1. The van der Waals surface area contributed by atoms with Gasteiger partial charge in [0.1, 0.15) is 18.4 Å². The number of nitriles is 1. The third-order valence-electron chi connectivity index (χ3n) is 3.91. The van der Waals surface area contributed by atoms with Crippen LogP contribution < -0.4 is 10.7 Å². The number of fused-ring (bicyclic) bond motifs is 1. The zero-order chi connectivity index (χ0) is 18.0. The first-order valence-electron chi connectivity index (χ1n) is 7.59. The first-order valence-corrected chi connectivity index (χ1v) is 7.59. The van der Waals surface area contributed by atoms with E-state index in [1.54, 1.807) is 31.2 Å². The van der Waals surface area contributed by atoms with Crippen LogP contribution in [0.25, 0.3) is 10.9 Å². The molecule has 124 valence electrons. The van der Waals surface area contributed by atoms with E-state index in [1.165, 1.54) is 28.8 Å². The Kier molecular flexibility index (Phi) is 4.31. The van der Waals surface area contributed by atoms with Crippen LogP contribution in [0.4, 0.5) is 10.1 Å². The van der Waals surface area contributed by atoms with Gasteiger partial charge in [0, 0.05) is 17.1 Å². The largest absolute Gasteiger partial charge is 0.333 e. The summed E-state index contributed by atoms with van der Waals surface area (Å²) in [6.07, 6.45) is 0. The first kappa shape index (κ1) is 16.4. The minimum atomic E-state index is -0.566. The van der Waals surface area contributed by atoms with Crippen LogP contribution in [0.3, 0.4) is 0 Å². The van der Waals surface area contributed by atoms with Crippen molar-refractivity contribution in [1.82, 2.24) is 4.57 Å². The third-order valence-corrected chi connectivity index (χ3v) is 3.91. The van der Waals surface area contributed by atoms with Gasteiger partial charge in [-0.05, 0) is 31.2 Å². The Labute approximate surface area is 142 Å². The molecular formula is C19H14FN3O2. The Morgan fingerprint density at radius 2 is 2.00 bits per heavy atom. The normalized spacial score (nSPS) is 10.4. The maximum absolute atomic E-state index is 14.3. The van der Waals surface area contributed by atoms with Crippen LogP contribution in [0.5, 0.6) is 0 Å². The maximum Gasteiger partial charge on any atom is 0.244 e. The molecule has 5 nitrogen and oxygen atoms in total. The van der Waals surface area contributed by atoms with E-state index < -0.39 is 11.7 Å². The number of nitrogens with one attached hydrogen (secondary N) is 1. The molecule has 0 unspecified atom stereocenters. The molecule has 1 heterocycles. The van der Waals surface area contributed by atoms with Crippen molar-refractivity contribution in [3.63, 3.8) is 0 Å². The quantitative estimate of drug-likeness (QED) is 0.799. The van der Waals surface area contributed by atoms with Crippen LogP contribution in [0.2, 0.25) is 0 Å². The number of hydrogen-bond acceptors (Lipinski definition) is 3. The van der Waals surface area contributed by atoms with Crippen LogP contribution in [0.1, 0.15) is 11.3 Å². The molecule has 0 radical (unpaired) electrons. The Bertz CT molecular complexity index is 1080. The summed E-state index contributed by atoms with van der Waals surface area (Å²) in [5, 5.41) is 12.0. The van der Waals surface area contributed by atoms with Crippen molar-refractivity contribution < 1.29 is 9.18 Å². The van der Waals surface area contributed by atoms with E-state index in [9.17, 15) is 14.0 Å². The zero-order valence-electron chi connectivity index (χ0n) is 13.4. The van der Waals surface area contributed by atoms with Crippen LogP contribution >= 0.6 is 0 Å². The highest BCUT2D eigenvalue weighted by Gasteiger charge is 2.14. The number of carbonyl (C=O) groups excluding carboxylic acids is 1. The number of rotatable bonds is 3. The fourth-order valence-electron chi connectivity index (χ4n) is 2.74. The molecule has 0 spiro atoms. The topological polar surface area (TPSA) is 74.9 Å². The van der Waals surface area contributed by atoms with E-state index in [2.05, 4.69) is 5.32 Å². The first-order chi connectivity index (χ1) is 12.0. The Hall–Kier alpha value is -3.46. The number of para-hydroxylation sites is 2. The number of anilines is 1. The predicted octanol–water partition coefficient (Wildman–Crippen LogP) is 2.96. The lowest BCUT2D eigenvalue weighted by molar-refractivity contribution is -0.116. The summed E-state index contributed by atoms with van der Waals surface area (Å²) in [6.45, 7) is 1.47. The average molecular weight is 335 g/mol. The fourth-order valence-corrected chi connectivity index (χ4v) is 2.74. The molecule has 0 aliphatic heterocycles. The number of benzene rings is 2. The molecule has 1 amide bonds. The molecule has 0 saturated heterocycles. The standard InChI is InChI=1S/C19H14FN3O2/c1-12-9-17(24)14-6-4-7-15(20)19(14)23(12)11-18(25)22-16-8-3-2-5-13(16)10-21/h2-9H,11H2,1H3,(H,22,25).